The second-order valence-electron chi connectivity index (χ2n) is 4.00. The fraction of sp³-hybridized carbons (Fsp3) is 0.333. The van der Waals surface area contributed by atoms with Gasteiger partial charge < -0.3 is 10.5 Å². The zero-order valence-electron chi connectivity index (χ0n) is 9.40. The first-order chi connectivity index (χ1) is 8.14. The van der Waals surface area contributed by atoms with Gasteiger partial charge in [-0.25, -0.2) is 9.59 Å². The quantitative estimate of drug-likeness (QED) is 0.369. The normalized spacial score (nSPS) is 15.8. The summed E-state index contributed by atoms with van der Waals surface area (Å²) in [5.41, 5.74) is 6.43. The van der Waals surface area contributed by atoms with E-state index in [4.69, 9.17) is 10.5 Å². The van der Waals surface area contributed by atoms with Crippen molar-refractivity contribution in [1.29, 1.82) is 0 Å². The number of carbonyl (C=O) groups excluding carboxylic acids is 2. The Morgan fingerprint density at radius 2 is 2.24 bits per heavy atom. The van der Waals surface area contributed by atoms with Crippen molar-refractivity contribution >= 4 is 17.7 Å². The molecule has 0 aromatic heterocycles. The molecule has 1 saturated carbocycles. The fourth-order valence-corrected chi connectivity index (χ4v) is 1.93. The highest BCUT2D eigenvalue weighted by Gasteiger charge is 2.47. The number of rotatable bonds is 3. The van der Waals surface area contributed by atoms with Crippen LogP contribution in [0.1, 0.15) is 28.8 Å². The number of esters is 1. The van der Waals surface area contributed by atoms with Crippen molar-refractivity contribution in [2.24, 2.45) is 4.99 Å². The minimum absolute atomic E-state index is 0.298. The van der Waals surface area contributed by atoms with Crippen LogP contribution < -0.4 is 5.73 Å². The number of methoxy groups -OCH3 is 1. The molecule has 0 unspecified atom stereocenters. The second-order valence-corrected chi connectivity index (χ2v) is 4.00. The minimum Gasteiger partial charge on any atom is -0.465 e. The molecule has 0 aliphatic heterocycles. The van der Waals surface area contributed by atoms with Gasteiger partial charge in [-0.05, 0) is 24.5 Å². The lowest BCUT2D eigenvalue weighted by molar-refractivity contribution is 0.0600. The van der Waals surface area contributed by atoms with Gasteiger partial charge in [0.1, 0.15) is 0 Å². The van der Waals surface area contributed by atoms with Gasteiger partial charge in [0.15, 0.2) is 0 Å². The Hall–Kier alpha value is -2.13. The van der Waals surface area contributed by atoms with Gasteiger partial charge in [-0.1, -0.05) is 12.1 Å². The third-order valence-electron chi connectivity index (χ3n) is 2.97. The van der Waals surface area contributed by atoms with E-state index < -0.39 is 11.5 Å². The molecule has 88 valence electrons. The van der Waals surface area contributed by atoms with Crippen molar-refractivity contribution in [3.8, 4) is 0 Å². The highest BCUT2D eigenvalue weighted by atomic mass is 16.5. The van der Waals surface area contributed by atoms with E-state index in [-0.39, 0.29) is 0 Å². The molecular formula is C12H12N2O3. The number of hydrogen-bond acceptors (Lipinski definition) is 5. The molecule has 0 heterocycles. The van der Waals surface area contributed by atoms with Gasteiger partial charge in [-0.2, -0.15) is 4.99 Å². The van der Waals surface area contributed by atoms with Crippen LogP contribution in [0.4, 0.5) is 5.69 Å². The molecule has 5 heteroatoms. The Bertz CT molecular complexity index is 514. The molecule has 2 rings (SSSR count). The number of nitrogen functional groups attached to an aromatic ring is 1. The molecule has 1 aliphatic rings. The summed E-state index contributed by atoms with van der Waals surface area (Å²) >= 11 is 0. The summed E-state index contributed by atoms with van der Waals surface area (Å²) in [6.07, 6.45) is 2.99. The SMILES string of the molecule is COC(=O)c1c(N)cccc1C1(N=C=O)CC1. The average molecular weight is 232 g/mol. The number of isocyanates is 1. The zero-order valence-corrected chi connectivity index (χ0v) is 9.40. The molecule has 2 N–H and O–H groups in total. The Morgan fingerprint density at radius 3 is 2.76 bits per heavy atom. The van der Waals surface area contributed by atoms with Crippen molar-refractivity contribution < 1.29 is 14.3 Å². The van der Waals surface area contributed by atoms with Crippen molar-refractivity contribution in [2.45, 2.75) is 18.4 Å². The summed E-state index contributed by atoms with van der Waals surface area (Å²) < 4.78 is 4.70. The molecule has 0 amide bonds. The fourth-order valence-electron chi connectivity index (χ4n) is 1.93. The molecule has 5 nitrogen and oxygen atoms in total. The maximum atomic E-state index is 11.7. The van der Waals surface area contributed by atoms with Gasteiger partial charge >= 0.3 is 5.97 Å². The summed E-state index contributed by atoms with van der Waals surface area (Å²) in [5, 5.41) is 0. The molecule has 0 spiro atoms. The molecule has 0 bridgehead atoms. The third-order valence-corrected chi connectivity index (χ3v) is 2.97. The number of aliphatic imine (C=N–C) groups is 1. The zero-order chi connectivity index (χ0) is 12.5. The summed E-state index contributed by atoms with van der Waals surface area (Å²) in [7, 11) is 1.29. The van der Waals surface area contributed by atoms with Gasteiger partial charge in [0.05, 0.1) is 18.2 Å². The van der Waals surface area contributed by atoms with Crippen molar-refractivity contribution in [1.82, 2.24) is 0 Å². The number of benzene rings is 1. The molecule has 1 aromatic rings. The van der Waals surface area contributed by atoms with E-state index in [1.165, 1.54) is 7.11 Å². The molecule has 17 heavy (non-hydrogen) atoms. The van der Waals surface area contributed by atoms with Gasteiger partial charge in [0.2, 0.25) is 6.08 Å². The first kappa shape index (κ1) is 11.4. The highest BCUT2D eigenvalue weighted by Crippen LogP contribution is 2.51. The van der Waals surface area contributed by atoms with Crippen LogP contribution in [0.3, 0.4) is 0 Å². The molecule has 0 saturated heterocycles. The van der Waals surface area contributed by atoms with E-state index in [9.17, 15) is 9.59 Å². The lowest BCUT2D eigenvalue weighted by atomic mass is 9.97. The number of nitrogens with zero attached hydrogens (tertiary/aromatic N) is 1. The predicted octanol–water partition coefficient (Wildman–Crippen LogP) is 1.38. The Morgan fingerprint density at radius 1 is 1.53 bits per heavy atom. The molecular weight excluding hydrogens is 220 g/mol. The monoisotopic (exact) mass is 232 g/mol. The molecule has 0 atom stereocenters. The van der Waals surface area contributed by atoms with Crippen LogP contribution >= 0.6 is 0 Å². The molecule has 1 aromatic carbocycles. The van der Waals surface area contributed by atoms with Crippen molar-refractivity contribution in [3.63, 3.8) is 0 Å². The smallest absolute Gasteiger partial charge is 0.340 e. The van der Waals surface area contributed by atoms with Crippen LogP contribution in [0.15, 0.2) is 23.2 Å². The van der Waals surface area contributed by atoms with Gasteiger partial charge in [-0.15, -0.1) is 0 Å². The summed E-state index contributed by atoms with van der Waals surface area (Å²) in [6, 6.07) is 5.10. The van der Waals surface area contributed by atoms with E-state index in [1.54, 1.807) is 24.3 Å². The lowest BCUT2D eigenvalue weighted by Crippen LogP contribution is -2.15. The van der Waals surface area contributed by atoms with E-state index in [0.29, 0.717) is 16.8 Å². The van der Waals surface area contributed by atoms with Crippen LogP contribution in [0.5, 0.6) is 0 Å². The Balaban J connectivity index is 2.58. The largest absolute Gasteiger partial charge is 0.465 e. The van der Waals surface area contributed by atoms with Crippen LogP contribution in [0.25, 0.3) is 0 Å². The Kier molecular flexibility index (Phi) is 2.69. The number of carbonyl (C=O) groups is 1. The number of hydrogen-bond donors (Lipinski definition) is 1. The van der Waals surface area contributed by atoms with E-state index in [0.717, 1.165) is 12.8 Å². The number of nitrogens with two attached hydrogens (primary N) is 1. The van der Waals surface area contributed by atoms with Crippen LogP contribution in [0, 0.1) is 0 Å². The topological polar surface area (TPSA) is 81.8 Å². The number of ether oxygens (including phenoxy) is 1. The van der Waals surface area contributed by atoms with E-state index in [1.807, 2.05) is 0 Å². The maximum absolute atomic E-state index is 11.7. The summed E-state index contributed by atoms with van der Waals surface area (Å²) in [5.74, 6) is -0.509. The first-order valence-corrected chi connectivity index (χ1v) is 5.21. The van der Waals surface area contributed by atoms with Crippen LogP contribution in [0.2, 0.25) is 0 Å². The maximum Gasteiger partial charge on any atom is 0.340 e. The molecule has 1 aliphatic carbocycles. The van der Waals surface area contributed by atoms with E-state index >= 15 is 0 Å². The average Bonchev–Trinajstić information content (AvgIpc) is 3.09. The van der Waals surface area contributed by atoms with Crippen LogP contribution in [-0.2, 0) is 15.1 Å². The van der Waals surface area contributed by atoms with E-state index in [2.05, 4.69) is 4.99 Å². The minimum atomic E-state index is -0.624. The molecule has 1 fully saturated rings. The van der Waals surface area contributed by atoms with Crippen molar-refractivity contribution in [2.75, 3.05) is 12.8 Å². The lowest BCUT2D eigenvalue weighted by Gasteiger charge is -2.14. The second kappa shape index (κ2) is 4.03. The standard InChI is InChI=1S/C12H12N2O3/c1-17-11(16)10-8(3-2-4-9(10)13)12(5-6-12)14-7-15/h2-4H,5-6,13H2,1H3. The predicted molar refractivity (Wildman–Crippen MR) is 61.2 cm³/mol. The molecule has 0 radical (unpaired) electrons. The van der Waals surface area contributed by atoms with Crippen molar-refractivity contribution in [3.05, 3.63) is 29.3 Å². The van der Waals surface area contributed by atoms with Crippen LogP contribution in [-0.4, -0.2) is 19.2 Å². The number of anilines is 1. The summed E-state index contributed by atoms with van der Waals surface area (Å²) in [4.78, 5) is 25.9. The summed E-state index contributed by atoms with van der Waals surface area (Å²) in [6.45, 7) is 0. The van der Waals surface area contributed by atoms with Gasteiger partial charge in [0, 0.05) is 5.69 Å². The van der Waals surface area contributed by atoms with Gasteiger partial charge in [0.25, 0.3) is 0 Å². The Labute approximate surface area is 98.3 Å². The third kappa shape index (κ3) is 1.81. The highest BCUT2D eigenvalue weighted by molar-refractivity contribution is 5.97. The van der Waals surface area contributed by atoms with Gasteiger partial charge in [-0.3, -0.25) is 0 Å². The first-order valence-electron chi connectivity index (χ1n) is 5.21.